The summed E-state index contributed by atoms with van der Waals surface area (Å²) in [4.78, 5) is 0.886. The van der Waals surface area contributed by atoms with Gasteiger partial charge in [-0.25, -0.2) is 0 Å². The fraction of sp³-hybridized carbons (Fsp3) is 0.556. The van der Waals surface area contributed by atoms with E-state index < -0.39 is 11.7 Å². The van der Waals surface area contributed by atoms with E-state index in [9.17, 15) is 13.2 Å². The van der Waals surface area contributed by atoms with Crippen molar-refractivity contribution in [2.45, 2.75) is 25.1 Å². The van der Waals surface area contributed by atoms with Gasteiger partial charge in [-0.1, -0.05) is 0 Å². The van der Waals surface area contributed by atoms with E-state index in [0.717, 1.165) is 11.3 Å². The number of rotatable bonds is 1. The lowest BCUT2D eigenvalue weighted by atomic mass is 10.1. The van der Waals surface area contributed by atoms with Crippen LogP contribution in [-0.4, -0.2) is 13.1 Å². The highest BCUT2D eigenvalue weighted by molar-refractivity contribution is 7.10. The summed E-state index contributed by atoms with van der Waals surface area (Å²) in [6.07, 6.45) is -2.95. The van der Waals surface area contributed by atoms with Crippen molar-refractivity contribution in [2.24, 2.45) is 0 Å². The lowest BCUT2D eigenvalue weighted by Gasteiger charge is -2.08. The molecule has 0 fully saturated rings. The Hall–Kier alpha value is -0.550. The number of likely N-dealkylation sites (N-methyl/N-ethyl adjacent to an activating group) is 1. The van der Waals surface area contributed by atoms with Gasteiger partial charge in [-0.05, 0) is 25.5 Å². The molecule has 0 aliphatic heterocycles. The standard InChI is InChI=1S/C9H10F3NS/c1-13-5-2-6-7(9(10,11)12)4-14-8(6)3-5/h4-5,13H,2-3H2,1H3/t5-/m0/s1. The van der Waals surface area contributed by atoms with Gasteiger partial charge >= 0.3 is 6.18 Å². The van der Waals surface area contributed by atoms with Crippen molar-refractivity contribution in [3.05, 3.63) is 21.4 Å². The summed E-state index contributed by atoms with van der Waals surface area (Å²) in [7, 11) is 1.79. The van der Waals surface area contributed by atoms with Crippen LogP contribution in [0.25, 0.3) is 0 Å². The van der Waals surface area contributed by atoms with E-state index in [1.165, 1.54) is 16.7 Å². The van der Waals surface area contributed by atoms with Gasteiger partial charge in [-0.3, -0.25) is 0 Å². The average molecular weight is 221 g/mol. The lowest BCUT2D eigenvalue weighted by molar-refractivity contribution is -0.137. The van der Waals surface area contributed by atoms with Crippen molar-refractivity contribution in [1.82, 2.24) is 5.32 Å². The summed E-state index contributed by atoms with van der Waals surface area (Å²) in [6.45, 7) is 0. The number of halogens is 3. The molecule has 1 aromatic heterocycles. The summed E-state index contributed by atoms with van der Waals surface area (Å²) < 4.78 is 37.5. The van der Waals surface area contributed by atoms with Crippen LogP contribution in [0.4, 0.5) is 13.2 Å². The SMILES string of the molecule is CN[C@@H]1Cc2scc(C(F)(F)F)c2C1. The monoisotopic (exact) mass is 221 g/mol. The first-order chi connectivity index (χ1) is 6.52. The number of nitrogens with one attached hydrogen (secondary N) is 1. The van der Waals surface area contributed by atoms with Crippen LogP contribution < -0.4 is 5.32 Å². The van der Waals surface area contributed by atoms with Crippen LogP contribution >= 0.6 is 11.3 Å². The summed E-state index contributed by atoms with van der Waals surface area (Å²) in [5.41, 5.74) is 0.0668. The minimum atomic E-state index is -4.19. The van der Waals surface area contributed by atoms with Gasteiger partial charge in [0, 0.05) is 16.3 Å². The molecule has 5 heteroatoms. The summed E-state index contributed by atoms with van der Waals surface area (Å²) in [5.74, 6) is 0. The van der Waals surface area contributed by atoms with Crippen LogP contribution in [0.15, 0.2) is 5.38 Å². The Morgan fingerprint density at radius 1 is 1.43 bits per heavy atom. The van der Waals surface area contributed by atoms with E-state index in [4.69, 9.17) is 0 Å². The van der Waals surface area contributed by atoms with Crippen molar-refractivity contribution < 1.29 is 13.2 Å². The second kappa shape index (κ2) is 3.24. The van der Waals surface area contributed by atoms with Gasteiger partial charge in [-0.15, -0.1) is 11.3 Å². The molecule has 14 heavy (non-hydrogen) atoms. The topological polar surface area (TPSA) is 12.0 Å². The first-order valence-corrected chi connectivity index (χ1v) is 5.24. The van der Waals surface area contributed by atoms with Crippen LogP contribution in [0, 0.1) is 0 Å². The molecule has 78 valence electrons. The zero-order valence-electron chi connectivity index (χ0n) is 7.61. The summed E-state index contributed by atoms with van der Waals surface area (Å²) >= 11 is 1.22. The van der Waals surface area contributed by atoms with Crippen LogP contribution in [0.1, 0.15) is 16.0 Å². The number of fused-ring (bicyclic) bond motifs is 1. The fourth-order valence-corrected chi connectivity index (χ4v) is 2.97. The van der Waals surface area contributed by atoms with Gasteiger partial charge < -0.3 is 5.32 Å². The molecule has 1 heterocycles. The van der Waals surface area contributed by atoms with Gasteiger partial charge in [0.2, 0.25) is 0 Å². The minimum Gasteiger partial charge on any atom is -0.316 e. The maximum Gasteiger partial charge on any atom is 0.417 e. The Morgan fingerprint density at radius 2 is 2.14 bits per heavy atom. The molecule has 0 spiro atoms. The van der Waals surface area contributed by atoms with E-state index in [1.807, 2.05) is 0 Å². The van der Waals surface area contributed by atoms with Crippen LogP contribution in [-0.2, 0) is 19.0 Å². The quantitative estimate of drug-likeness (QED) is 0.768. The Morgan fingerprint density at radius 3 is 2.71 bits per heavy atom. The predicted octanol–water partition coefficient (Wildman–Crippen LogP) is 2.45. The molecule has 1 aromatic rings. The molecule has 0 bridgehead atoms. The zero-order valence-corrected chi connectivity index (χ0v) is 8.43. The number of alkyl halides is 3. The highest BCUT2D eigenvalue weighted by Gasteiger charge is 2.38. The molecule has 1 aliphatic carbocycles. The highest BCUT2D eigenvalue weighted by Crippen LogP contribution is 2.40. The molecule has 0 saturated carbocycles. The Labute approximate surface area is 83.9 Å². The van der Waals surface area contributed by atoms with Gasteiger partial charge in [-0.2, -0.15) is 13.2 Å². The third kappa shape index (κ3) is 1.54. The first-order valence-electron chi connectivity index (χ1n) is 4.36. The summed E-state index contributed by atoms with van der Waals surface area (Å²) in [6, 6.07) is 0.179. The molecule has 1 atom stereocenters. The van der Waals surface area contributed by atoms with Crippen LogP contribution in [0.5, 0.6) is 0 Å². The molecule has 1 N–H and O–H groups in total. The molecule has 2 rings (SSSR count). The minimum absolute atomic E-state index is 0.179. The van der Waals surface area contributed by atoms with E-state index in [1.54, 1.807) is 7.05 Å². The fourth-order valence-electron chi connectivity index (χ4n) is 1.80. The Kier molecular flexibility index (Phi) is 2.31. The molecule has 1 nitrogen and oxygen atoms in total. The largest absolute Gasteiger partial charge is 0.417 e. The van der Waals surface area contributed by atoms with Gasteiger partial charge in [0.25, 0.3) is 0 Å². The molecule has 0 saturated heterocycles. The van der Waals surface area contributed by atoms with Crippen LogP contribution in [0.3, 0.4) is 0 Å². The van der Waals surface area contributed by atoms with E-state index in [-0.39, 0.29) is 6.04 Å². The molecular formula is C9H10F3NS. The number of hydrogen-bond acceptors (Lipinski definition) is 2. The Bertz CT molecular complexity index is 342. The van der Waals surface area contributed by atoms with Gasteiger partial charge in [0.05, 0.1) is 5.56 Å². The zero-order chi connectivity index (χ0) is 10.3. The maximum atomic E-state index is 12.5. The van der Waals surface area contributed by atoms with Crippen LogP contribution in [0.2, 0.25) is 0 Å². The molecular weight excluding hydrogens is 211 g/mol. The first kappa shape index (κ1) is 9.98. The Balaban J connectivity index is 2.32. The van der Waals surface area contributed by atoms with E-state index in [2.05, 4.69) is 5.32 Å². The van der Waals surface area contributed by atoms with Crippen molar-refractivity contribution in [3.8, 4) is 0 Å². The smallest absolute Gasteiger partial charge is 0.316 e. The van der Waals surface area contributed by atoms with Gasteiger partial charge in [0.1, 0.15) is 0 Å². The molecule has 0 aromatic carbocycles. The average Bonchev–Trinajstić information content (AvgIpc) is 2.57. The molecule has 1 aliphatic rings. The lowest BCUT2D eigenvalue weighted by Crippen LogP contribution is -2.25. The highest BCUT2D eigenvalue weighted by atomic mass is 32.1. The van der Waals surface area contributed by atoms with Crippen molar-refractivity contribution in [1.29, 1.82) is 0 Å². The number of hydrogen-bond donors (Lipinski definition) is 1. The maximum absolute atomic E-state index is 12.5. The normalized spacial score (nSPS) is 21.3. The molecule has 0 unspecified atom stereocenters. The second-order valence-electron chi connectivity index (χ2n) is 3.44. The third-order valence-electron chi connectivity index (χ3n) is 2.58. The summed E-state index contributed by atoms with van der Waals surface area (Å²) in [5, 5.41) is 4.25. The predicted molar refractivity (Wildman–Crippen MR) is 49.6 cm³/mol. The van der Waals surface area contributed by atoms with Crippen molar-refractivity contribution in [2.75, 3.05) is 7.05 Å². The second-order valence-corrected chi connectivity index (χ2v) is 4.41. The van der Waals surface area contributed by atoms with Gasteiger partial charge in [0.15, 0.2) is 0 Å². The van der Waals surface area contributed by atoms with Crippen molar-refractivity contribution in [3.63, 3.8) is 0 Å². The molecule has 0 radical (unpaired) electrons. The van der Waals surface area contributed by atoms with Crippen molar-refractivity contribution >= 4 is 11.3 Å². The van der Waals surface area contributed by atoms with E-state index >= 15 is 0 Å². The molecule has 0 amide bonds. The number of thiophene rings is 1. The third-order valence-corrected chi connectivity index (χ3v) is 3.63. The van der Waals surface area contributed by atoms with E-state index in [0.29, 0.717) is 12.0 Å².